The van der Waals surface area contributed by atoms with Gasteiger partial charge in [0.1, 0.15) is 0 Å². The van der Waals surface area contributed by atoms with Gasteiger partial charge in [-0.25, -0.2) is 0 Å². The Kier molecular flexibility index (Phi) is 3.66. The topological polar surface area (TPSA) is 3.24 Å². The molecule has 1 aliphatic rings. The zero-order valence-electron chi connectivity index (χ0n) is 9.25. The summed E-state index contributed by atoms with van der Waals surface area (Å²) in [5.41, 5.74) is 1.26. The summed E-state index contributed by atoms with van der Waals surface area (Å²) in [7, 11) is 0. The predicted molar refractivity (Wildman–Crippen MR) is 65.3 cm³/mol. The molecule has 0 radical (unpaired) electrons. The summed E-state index contributed by atoms with van der Waals surface area (Å²) >= 11 is 6.21. The van der Waals surface area contributed by atoms with Gasteiger partial charge in [0.15, 0.2) is 0 Å². The number of piperidine rings is 1. The molecule has 0 amide bonds. The molecule has 0 spiro atoms. The van der Waals surface area contributed by atoms with E-state index in [1.807, 2.05) is 12.1 Å². The van der Waals surface area contributed by atoms with Crippen molar-refractivity contribution in [2.45, 2.75) is 32.2 Å². The van der Waals surface area contributed by atoms with E-state index in [9.17, 15) is 0 Å². The van der Waals surface area contributed by atoms with Crippen molar-refractivity contribution >= 4 is 11.6 Å². The first kappa shape index (κ1) is 11.0. The number of likely N-dealkylation sites (tertiary alicyclic amines) is 1. The molecule has 1 aliphatic heterocycles. The predicted octanol–water partition coefficient (Wildman–Crippen LogP) is 3.89. The third-order valence-electron chi connectivity index (χ3n) is 3.29. The van der Waals surface area contributed by atoms with Crippen molar-refractivity contribution in [1.29, 1.82) is 0 Å². The van der Waals surface area contributed by atoms with Crippen molar-refractivity contribution < 1.29 is 0 Å². The van der Waals surface area contributed by atoms with Crippen LogP contribution < -0.4 is 0 Å². The number of hydrogen-bond acceptors (Lipinski definition) is 1. The maximum atomic E-state index is 6.21. The van der Waals surface area contributed by atoms with Gasteiger partial charge in [-0.1, -0.05) is 36.2 Å². The van der Waals surface area contributed by atoms with Gasteiger partial charge in [0.2, 0.25) is 0 Å². The fourth-order valence-corrected chi connectivity index (χ4v) is 2.61. The second-order valence-corrected chi connectivity index (χ2v) is 4.70. The van der Waals surface area contributed by atoms with Gasteiger partial charge in [-0.15, -0.1) is 0 Å². The third-order valence-corrected chi connectivity index (χ3v) is 3.64. The van der Waals surface area contributed by atoms with Gasteiger partial charge in [0.05, 0.1) is 0 Å². The van der Waals surface area contributed by atoms with E-state index >= 15 is 0 Å². The summed E-state index contributed by atoms with van der Waals surface area (Å²) in [5.74, 6) is 0. The highest BCUT2D eigenvalue weighted by atomic mass is 35.5. The van der Waals surface area contributed by atoms with E-state index in [0.717, 1.165) is 5.02 Å². The zero-order valence-corrected chi connectivity index (χ0v) is 10.0. The summed E-state index contributed by atoms with van der Waals surface area (Å²) in [6.07, 6.45) is 4.04. The Morgan fingerprint density at radius 1 is 1.13 bits per heavy atom. The smallest absolute Gasteiger partial charge is 0.0453 e. The Labute approximate surface area is 97.0 Å². The molecule has 0 aromatic heterocycles. The number of halogens is 1. The molecule has 1 fully saturated rings. The molecular weight excluding hydrogens is 206 g/mol. The Hall–Kier alpha value is -0.530. The Morgan fingerprint density at radius 2 is 1.80 bits per heavy atom. The van der Waals surface area contributed by atoms with Gasteiger partial charge in [0.25, 0.3) is 0 Å². The highest BCUT2D eigenvalue weighted by Crippen LogP contribution is 2.28. The van der Waals surface area contributed by atoms with E-state index in [1.54, 1.807) is 0 Å². The largest absolute Gasteiger partial charge is 0.297 e. The van der Waals surface area contributed by atoms with E-state index in [-0.39, 0.29) is 0 Å². The van der Waals surface area contributed by atoms with Crippen LogP contribution in [0.4, 0.5) is 0 Å². The van der Waals surface area contributed by atoms with Crippen LogP contribution in [0.15, 0.2) is 24.3 Å². The molecule has 0 unspecified atom stereocenters. The fourth-order valence-electron chi connectivity index (χ4n) is 2.32. The Balaban J connectivity index is 2.12. The van der Waals surface area contributed by atoms with Crippen molar-refractivity contribution in [3.63, 3.8) is 0 Å². The monoisotopic (exact) mass is 223 g/mol. The average molecular weight is 224 g/mol. The maximum Gasteiger partial charge on any atom is 0.0453 e. The number of nitrogens with zero attached hydrogens (tertiary/aromatic N) is 1. The lowest BCUT2D eigenvalue weighted by molar-refractivity contribution is 0.175. The normalized spacial score (nSPS) is 20.1. The highest BCUT2D eigenvalue weighted by Gasteiger charge is 2.19. The molecule has 1 saturated heterocycles. The molecular formula is C13H18ClN. The van der Waals surface area contributed by atoms with Gasteiger partial charge < -0.3 is 0 Å². The van der Waals surface area contributed by atoms with Crippen molar-refractivity contribution in [3.8, 4) is 0 Å². The van der Waals surface area contributed by atoms with Crippen LogP contribution in [0.25, 0.3) is 0 Å². The molecule has 1 atom stereocenters. The van der Waals surface area contributed by atoms with Crippen LogP contribution in [-0.2, 0) is 0 Å². The molecule has 1 aromatic carbocycles. The molecule has 0 bridgehead atoms. The fraction of sp³-hybridized carbons (Fsp3) is 0.538. The molecule has 82 valence electrons. The van der Waals surface area contributed by atoms with Crippen LogP contribution in [0, 0.1) is 0 Å². The molecule has 0 aliphatic carbocycles. The van der Waals surface area contributed by atoms with Crippen molar-refractivity contribution in [1.82, 2.24) is 4.90 Å². The summed E-state index contributed by atoms with van der Waals surface area (Å²) in [4.78, 5) is 2.53. The first-order valence-electron chi connectivity index (χ1n) is 5.77. The Morgan fingerprint density at radius 3 is 2.47 bits per heavy atom. The molecule has 15 heavy (non-hydrogen) atoms. The minimum absolute atomic E-state index is 0.457. The first-order chi connectivity index (χ1) is 7.29. The van der Waals surface area contributed by atoms with Crippen molar-refractivity contribution in [2.24, 2.45) is 0 Å². The molecule has 0 N–H and O–H groups in total. The van der Waals surface area contributed by atoms with Crippen molar-refractivity contribution in [2.75, 3.05) is 13.1 Å². The van der Waals surface area contributed by atoms with Crippen LogP contribution in [0.5, 0.6) is 0 Å². The third kappa shape index (κ3) is 2.53. The van der Waals surface area contributed by atoms with E-state index in [4.69, 9.17) is 11.6 Å². The van der Waals surface area contributed by atoms with Crippen LogP contribution in [0.1, 0.15) is 37.8 Å². The van der Waals surface area contributed by atoms with Crippen LogP contribution in [-0.4, -0.2) is 18.0 Å². The van der Waals surface area contributed by atoms with Crippen LogP contribution >= 0.6 is 11.6 Å². The molecule has 2 rings (SSSR count). The maximum absolute atomic E-state index is 6.21. The lowest BCUT2D eigenvalue weighted by Gasteiger charge is -2.32. The minimum Gasteiger partial charge on any atom is -0.297 e. The summed E-state index contributed by atoms with van der Waals surface area (Å²) in [6.45, 7) is 4.69. The van der Waals surface area contributed by atoms with Gasteiger partial charge >= 0.3 is 0 Å². The summed E-state index contributed by atoms with van der Waals surface area (Å²) < 4.78 is 0. The second-order valence-electron chi connectivity index (χ2n) is 4.29. The quantitative estimate of drug-likeness (QED) is 0.736. The van der Waals surface area contributed by atoms with Crippen LogP contribution in [0.3, 0.4) is 0 Å². The summed E-state index contributed by atoms with van der Waals surface area (Å²) in [5, 5.41) is 0.899. The van der Waals surface area contributed by atoms with E-state index in [0.29, 0.717) is 6.04 Å². The lowest BCUT2D eigenvalue weighted by atomic mass is 10.0. The summed E-state index contributed by atoms with van der Waals surface area (Å²) in [6, 6.07) is 8.65. The van der Waals surface area contributed by atoms with Crippen molar-refractivity contribution in [3.05, 3.63) is 34.9 Å². The molecule has 1 aromatic rings. The lowest BCUT2D eigenvalue weighted by Crippen LogP contribution is -2.32. The van der Waals surface area contributed by atoms with E-state index < -0.39 is 0 Å². The SMILES string of the molecule is C[C@H](c1ccccc1Cl)N1CCCCC1. The molecule has 0 saturated carbocycles. The Bertz CT molecular complexity index is 318. The number of benzene rings is 1. The highest BCUT2D eigenvalue weighted by molar-refractivity contribution is 6.31. The second kappa shape index (κ2) is 5.00. The van der Waals surface area contributed by atoms with E-state index in [2.05, 4.69) is 24.0 Å². The average Bonchev–Trinajstić information content (AvgIpc) is 2.30. The van der Waals surface area contributed by atoms with Gasteiger partial charge in [-0.05, 0) is 44.5 Å². The first-order valence-corrected chi connectivity index (χ1v) is 6.15. The minimum atomic E-state index is 0.457. The van der Waals surface area contributed by atoms with Gasteiger partial charge in [-0.2, -0.15) is 0 Å². The number of rotatable bonds is 2. The van der Waals surface area contributed by atoms with Gasteiger partial charge in [0, 0.05) is 11.1 Å². The molecule has 1 nitrogen and oxygen atoms in total. The molecule has 1 heterocycles. The molecule has 2 heteroatoms. The zero-order chi connectivity index (χ0) is 10.7. The van der Waals surface area contributed by atoms with E-state index in [1.165, 1.54) is 37.9 Å². The number of hydrogen-bond donors (Lipinski definition) is 0. The van der Waals surface area contributed by atoms with Crippen LogP contribution in [0.2, 0.25) is 5.02 Å². The van der Waals surface area contributed by atoms with Gasteiger partial charge in [-0.3, -0.25) is 4.90 Å². The standard InChI is InChI=1S/C13H18ClN/c1-11(15-9-5-2-6-10-15)12-7-3-4-8-13(12)14/h3-4,7-8,11H,2,5-6,9-10H2,1H3/t11-/m1/s1.